The van der Waals surface area contributed by atoms with E-state index in [0.717, 1.165) is 17.7 Å². The highest BCUT2D eigenvalue weighted by Gasteiger charge is 2.52. The molecular formula is C19H21FN4O3. The van der Waals surface area contributed by atoms with E-state index in [1.54, 1.807) is 13.8 Å². The zero-order chi connectivity index (χ0) is 19.8. The van der Waals surface area contributed by atoms with Crippen LogP contribution >= 0.6 is 0 Å². The van der Waals surface area contributed by atoms with Gasteiger partial charge in [-0.3, -0.25) is 14.5 Å². The summed E-state index contributed by atoms with van der Waals surface area (Å²) in [6.45, 7) is 2.89. The number of benzene rings is 1. The predicted octanol–water partition coefficient (Wildman–Crippen LogP) is 1.79. The molecule has 0 radical (unpaired) electrons. The van der Waals surface area contributed by atoms with Gasteiger partial charge < -0.3 is 10.6 Å². The first kappa shape index (κ1) is 18.8. The second-order valence-electron chi connectivity index (χ2n) is 7.22. The molecule has 2 aliphatic rings. The SMILES string of the molecule is CC[C@@]1(c2ccc(F)cc2)NC(=O)N(CC(=O)N[C@](C)(C#N)C2CC2)C1=O. The van der Waals surface area contributed by atoms with Gasteiger partial charge in [-0.05, 0) is 49.8 Å². The quantitative estimate of drug-likeness (QED) is 0.743. The molecule has 0 bridgehead atoms. The first-order valence-corrected chi connectivity index (χ1v) is 8.88. The lowest BCUT2D eigenvalue weighted by molar-refractivity contribution is -0.135. The fraction of sp³-hybridized carbons (Fsp3) is 0.474. The fourth-order valence-corrected chi connectivity index (χ4v) is 3.50. The Kier molecular flexibility index (Phi) is 4.64. The number of imide groups is 1. The minimum absolute atomic E-state index is 0.0866. The summed E-state index contributed by atoms with van der Waals surface area (Å²) in [6.07, 6.45) is 1.97. The highest BCUT2D eigenvalue weighted by Crippen LogP contribution is 2.39. The molecule has 7 nitrogen and oxygen atoms in total. The molecule has 1 saturated heterocycles. The predicted molar refractivity (Wildman–Crippen MR) is 93.5 cm³/mol. The van der Waals surface area contributed by atoms with Gasteiger partial charge in [0.2, 0.25) is 5.91 Å². The van der Waals surface area contributed by atoms with E-state index in [1.807, 2.05) is 0 Å². The van der Waals surface area contributed by atoms with Crippen molar-refractivity contribution >= 4 is 17.8 Å². The number of amides is 4. The van der Waals surface area contributed by atoms with E-state index in [4.69, 9.17) is 0 Å². The summed E-state index contributed by atoms with van der Waals surface area (Å²) in [6, 6.07) is 6.74. The summed E-state index contributed by atoms with van der Waals surface area (Å²) in [7, 11) is 0. The third kappa shape index (κ3) is 3.25. The lowest BCUT2D eigenvalue weighted by Crippen LogP contribution is -2.51. The van der Waals surface area contributed by atoms with Crippen LogP contribution in [0.4, 0.5) is 9.18 Å². The number of nitrogens with one attached hydrogen (secondary N) is 2. The molecule has 27 heavy (non-hydrogen) atoms. The normalized spacial score (nSPS) is 24.1. The summed E-state index contributed by atoms with van der Waals surface area (Å²) in [5.41, 5.74) is -1.89. The van der Waals surface area contributed by atoms with E-state index >= 15 is 0 Å². The number of nitriles is 1. The molecule has 1 aliphatic heterocycles. The first-order valence-electron chi connectivity index (χ1n) is 8.88. The Bertz CT molecular complexity index is 830. The number of carbonyl (C=O) groups excluding carboxylic acids is 3. The van der Waals surface area contributed by atoms with E-state index in [0.29, 0.717) is 5.56 Å². The number of hydrogen-bond acceptors (Lipinski definition) is 4. The van der Waals surface area contributed by atoms with Crippen LogP contribution in [0, 0.1) is 23.1 Å². The van der Waals surface area contributed by atoms with Crippen LogP contribution in [0.3, 0.4) is 0 Å². The van der Waals surface area contributed by atoms with Gasteiger partial charge in [-0.15, -0.1) is 0 Å². The molecule has 0 unspecified atom stereocenters. The van der Waals surface area contributed by atoms with Gasteiger partial charge in [0.1, 0.15) is 23.4 Å². The molecule has 1 aliphatic carbocycles. The average Bonchev–Trinajstić information content (AvgIpc) is 3.47. The summed E-state index contributed by atoms with van der Waals surface area (Å²) < 4.78 is 13.2. The van der Waals surface area contributed by atoms with Crippen molar-refractivity contribution in [3.05, 3.63) is 35.6 Å². The van der Waals surface area contributed by atoms with Crippen LogP contribution in [0.5, 0.6) is 0 Å². The summed E-state index contributed by atoms with van der Waals surface area (Å²) in [4.78, 5) is 38.6. The van der Waals surface area contributed by atoms with Crippen LogP contribution in [0.25, 0.3) is 0 Å². The number of hydrogen-bond donors (Lipinski definition) is 2. The van der Waals surface area contributed by atoms with Gasteiger partial charge in [0, 0.05) is 0 Å². The molecule has 0 spiro atoms. The Hall–Kier alpha value is -2.95. The van der Waals surface area contributed by atoms with E-state index in [9.17, 15) is 24.0 Å². The number of halogens is 1. The maximum Gasteiger partial charge on any atom is 0.325 e. The first-order chi connectivity index (χ1) is 12.8. The Labute approximate surface area is 156 Å². The maximum absolute atomic E-state index is 13.2. The van der Waals surface area contributed by atoms with Gasteiger partial charge in [0.25, 0.3) is 5.91 Å². The van der Waals surface area contributed by atoms with Gasteiger partial charge in [-0.25, -0.2) is 9.18 Å². The molecule has 0 aromatic heterocycles. The minimum atomic E-state index is -1.33. The molecule has 2 N–H and O–H groups in total. The zero-order valence-corrected chi connectivity index (χ0v) is 15.2. The second kappa shape index (κ2) is 6.65. The monoisotopic (exact) mass is 372 g/mol. The van der Waals surface area contributed by atoms with Gasteiger partial charge in [0.05, 0.1) is 6.07 Å². The van der Waals surface area contributed by atoms with Crippen molar-refractivity contribution in [2.24, 2.45) is 5.92 Å². The third-order valence-electron chi connectivity index (χ3n) is 5.37. The number of urea groups is 1. The van der Waals surface area contributed by atoms with E-state index < -0.39 is 41.3 Å². The molecule has 1 aromatic carbocycles. The van der Waals surface area contributed by atoms with Crippen LogP contribution in [-0.4, -0.2) is 34.8 Å². The highest BCUT2D eigenvalue weighted by atomic mass is 19.1. The van der Waals surface area contributed by atoms with E-state index in [1.165, 1.54) is 24.3 Å². The molecule has 8 heteroatoms. The van der Waals surface area contributed by atoms with E-state index in [2.05, 4.69) is 16.7 Å². The van der Waals surface area contributed by atoms with Crippen LogP contribution in [0.15, 0.2) is 24.3 Å². The fourth-order valence-electron chi connectivity index (χ4n) is 3.50. The van der Waals surface area contributed by atoms with Crippen molar-refractivity contribution in [3.63, 3.8) is 0 Å². The third-order valence-corrected chi connectivity index (χ3v) is 5.37. The molecule has 1 heterocycles. The van der Waals surface area contributed by atoms with Crippen molar-refractivity contribution in [3.8, 4) is 6.07 Å². The van der Waals surface area contributed by atoms with Gasteiger partial charge in [0.15, 0.2) is 0 Å². The average molecular weight is 372 g/mol. The van der Waals surface area contributed by atoms with Crippen molar-refractivity contribution in [1.29, 1.82) is 5.26 Å². The van der Waals surface area contributed by atoms with Crippen LogP contribution in [0.2, 0.25) is 0 Å². The van der Waals surface area contributed by atoms with Crippen LogP contribution in [-0.2, 0) is 15.1 Å². The number of rotatable bonds is 6. The summed E-state index contributed by atoms with van der Waals surface area (Å²) in [5, 5.41) is 14.6. The summed E-state index contributed by atoms with van der Waals surface area (Å²) >= 11 is 0. The lowest BCUT2D eigenvalue weighted by atomic mass is 9.87. The summed E-state index contributed by atoms with van der Waals surface area (Å²) in [5.74, 6) is -1.50. The highest BCUT2D eigenvalue weighted by molar-refractivity contribution is 6.09. The second-order valence-corrected chi connectivity index (χ2v) is 7.22. The topological polar surface area (TPSA) is 102 Å². The molecule has 2 atom stereocenters. The van der Waals surface area contributed by atoms with Crippen LogP contribution < -0.4 is 10.6 Å². The molecule has 4 amide bonds. The Morgan fingerprint density at radius 1 is 1.41 bits per heavy atom. The standard InChI is InChI=1S/C19H21FN4O3/c1-3-19(13-6-8-14(20)9-7-13)16(26)24(17(27)23-19)10-15(25)22-18(2,11-21)12-4-5-12/h6-9,12H,3-5,10H2,1-2H3,(H,22,25)(H,23,27)/t18-,19+/m1/s1. The minimum Gasteiger partial charge on any atom is -0.336 e. The Balaban J connectivity index is 1.78. The van der Waals surface area contributed by atoms with E-state index in [-0.39, 0.29) is 12.3 Å². The van der Waals surface area contributed by atoms with Crippen molar-refractivity contribution in [2.45, 2.75) is 44.2 Å². The molecular weight excluding hydrogens is 351 g/mol. The zero-order valence-electron chi connectivity index (χ0n) is 15.2. The molecule has 2 fully saturated rings. The van der Waals surface area contributed by atoms with Gasteiger partial charge >= 0.3 is 6.03 Å². The molecule has 1 saturated carbocycles. The Morgan fingerprint density at radius 2 is 2.04 bits per heavy atom. The van der Waals surface area contributed by atoms with Gasteiger partial charge in [-0.2, -0.15) is 5.26 Å². The largest absolute Gasteiger partial charge is 0.336 e. The van der Waals surface area contributed by atoms with Crippen molar-refractivity contribution < 1.29 is 18.8 Å². The smallest absolute Gasteiger partial charge is 0.325 e. The maximum atomic E-state index is 13.2. The molecule has 3 rings (SSSR count). The van der Waals surface area contributed by atoms with Crippen LogP contribution in [0.1, 0.15) is 38.7 Å². The number of nitrogens with zero attached hydrogens (tertiary/aromatic N) is 2. The van der Waals surface area contributed by atoms with Gasteiger partial charge in [-0.1, -0.05) is 19.1 Å². The van der Waals surface area contributed by atoms with Crippen molar-refractivity contribution in [1.82, 2.24) is 15.5 Å². The Morgan fingerprint density at radius 3 is 2.56 bits per heavy atom. The number of carbonyl (C=O) groups is 3. The molecule has 1 aromatic rings. The molecule has 142 valence electrons. The van der Waals surface area contributed by atoms with Crippen molar-refractivity contribution in [2.75, 3.05) is 6.54 Å². The lowest BCUT2D eigenvalue weighted by Gasteiger charge is -2.26.